The van der Waals surface area contributed by atoms with Crippen LogP contribution in [0.15, 0.2) is 59.3 Å². The minimum Gasteiger partial charge on any atom is -0.448 e. The van der Waals surface area contributed by atoms with Gasteiger partial charge in [0.2, 0.25) is 20.0 Å². The summed E-state index contributed by atoms with van der Waals surface area (Å²) in [4.78, 5) is 37.7. The van der Waals surface area contributed by atoms with Crippen LogP contribution in [0.5, 0.6) is 0 Å². The second-order valence-electron chi connectivity index (χ2n) is 11.0. The molecule has 1 aromatic carbocycles. The van der Waals surface area contributed by atoms with Crippen molar-refractivity contribution < 1.29 is 162 Å². The number of urea groups is 1. The molecule has 5 N–H and O–H groups in total. The van der Waals surface area contributed by atoms with Crippen LogP contribution >= 0.6 is 0 Å². The summed E-state index contributed by atoms with van der Waals surface area (Å²) < 4.78 is 62.5. The van der Waals surface area contributed by atoms with Crippen LogP contribution in [0, 0.1) is 20.8 Å². The molecule has 5 aliphatic rings. The summed E-state index contributed by atoms with van der Waals surface area (Å²) in [6, 6.07) is 9.55. The molecule has 2 aromatic rings. The molecule has 2 unspecified atom stereocenters. The Balaban J connectivity index is -0.000000196. The fraction of sp³-hybridized carbons (Fsp3) is 0.387. The van der Waals surface area contributed by atoms with Crippen LogP contribution in [0.4, 0.5) is 4.79 Å². The van der Waals surface area contributed by atoms with Crippen molar-refractivity contribution in [2.75, 3.05) is 32.7 Å². The predicted octanol–water partition coefficient (Wildman–Crippen LogP) is 0.876. The van der Waals surface area contributed by atoms with E-state index in [0.29, 0.717) is 29.5 Å². The summed E-state index contributed by atoms with van der Waals surface area (Å²) in [7, 11) is -7.06. The first-order chi connectivity index (χ1) is 22.4. The average molecular weight is 1840 g/mol. The van der Waals surface area contributed by atoms with Crippen molar-refractivity contribution in [3.8, 4) is 0 Å². The zero-order chi connectivity index (χ0) is 34.0. The molecule has 4 aliphatic heterocycles. The van der Waals surface area contributed by atoms with Crippen molar-refractivity contribution in [2.24, 2.45) is 5.92 Å². The molecule has 2 atom stereocenters. The van der Waals surface area contributed by atoms with Gasteiger partial charge in [-0.3, -0.25) is 25.2 Å². The van der Waals surface area contributed by atoms with Crippen LogP contribution in [0.2, 0.25) is 0 Å². The van der Waals surface area contributed by atoms with Crippen LogP contribution in [0.1, 0.15) is 36.8 Å². The van der Waals surface area contributed by atoms with Crippen LogP contribution in [0.3, 0.4) is 0 Å². The number of sulfonamides is 2. The number of carbonyl (C=O) groups excluding carboxylic acids is 3. The summed E-state index contributed by atoms with van der Waals surface area (Å²) in [5.41, 5.74) is 1.34. The van der Waals surface area contributed by atoms with Gasteiger partial charge in [-0.15, -0.1) is 0 Å². The Hall–Kier alpha value is 0.610. The quantitative estimate of drug-likeness (QED) is 0.0943. The van der Waals surface area contributed by atoms with E-state index in [0.717, 1.165) is 51.0 Å². The molecule has 0 radical (unpaired) electrons. The standard InChI is InChI=1S/C10H7N3O3.C7H13NO2S.C7H7NO2S.C5H11N2OS.2CH3.6W/c14-8-7(9(15)13-10(16)12-8)4-6-2-1-3-11-5-6;2*9-11(10)7-4-2-1-3-6(7)5-8-11;1-9(8)7-4-2-6-3-5-7;;;;;;;;/h1-5H,(H2,12,13,14,15,16);6-8H,1-5H2;1-4,8H,5H2;6H,1-5H2;2*1H3;;;;;;/q;;;3*-1;;;;;;. The van der Waals surface area contributed by atoms with E-state index in [1.807, 2.05) is 27.1 Å². The van der Waals surface area contributed by atoms with Crippen molar-refractivity contribution in [1.82, 2.24) is 34.7 Å². The number of hydrogen-bond acceptors (Lipinski definition) is 11. The fourth-order valence-corrected chi connectivity index (χ4v) is 9.10. The maximum Gasteiger partial charge on any atom is 0.328 e. The number of amides is 4. The number of carbonyl (C=O) groups is 3. The second-order valence-corrected chi connectivity index (χ2v) is 15.9. The first-order valence-electron chi connectivity index (χ1n) is 14.9. The van der Waals surface area contributed by atoms with Gasteiger partial charge in [0.05, 0.1) is 10.1 Å². The second kappa shape index (κ2) is 31.5. The Bertz CT molecular complexity index is 1770. The molecule has 1 aromatic heterocycles. The monoisotopic (exact) mass is 1840 g/mol. The van der Waals surface area contributed by atoms with Gasteiger partial charge in [-0.25, -0.2) is 41.6 Å². The predicted molar refractivity (Wildman–Crippen MR) is 189 cm³/mol. The molecule has 308 valence electrons. The number of rotatable bonds is 2. The van der Waals surface area contributed by atoms with Crippen molar-refractivity contribution in [3.63, 3.8) is 0 Å². The zero-order valence-corrected chi connectivity index (χ0v) is 50.0. The third-order valence-corrected chi connectivity index (χ3v) is 12.2. The summed E-state index contributed by atoms with van der Waals surface area (Å²) >= 11 is 0. The zero-order valence-electron chi connectivity index (χ0n) is 30.0. The molecule has 0 bridgehead atoms. The van der Waals surface area contributed by atoms with Gasteiger partial charge >= 0.3 is 6.03 Å². The van der Waals surface area contributed by atoms with Gasteiger partial charge in [-0.05, 0) is 61.2 Å². The molecule has 7 rings (SSSR count). The normalized spacial score (nSPS) is 20.5. The van der Waals surface area contributed by atoms with Crippen LogP contribution in [-0.2, 0) is 177 Å². The molecular weight excluding hydrogens is 1800 g/mol. The minimum absolute atomic E-state index is 0. The number of aromatic nitrogens is 1. The molecular formula is C31H44N7O8S3W6-3. The molecule has 1 aliphatic carbocycles. The van der Waals surface area contributed by atoms with E-state index in [9.17, 15) is 35.4 Å². The molecule has 55 heavy (non-hydrogen) atoms. The van der Waals surface area contributed by atoms with Crippen molar-refractivity contribution in [1.29, 1.82) is 0 Å². The van der Waals surface area contributed by atoms with E-state index in [1.54, 1.807) is 30.5 Å². The molecule has 15 nitrogen and oxygen atoms in total. The van der Waals surface area contributed by atoms with Gasteiger partial charge in [0.1, 0.15) is 5.57 Å². The number of nitrogens with one attached hydrogen (secondary N) is 5. The smallest absolute Gasteiger partial charge is 0.328 e. The summed E-state index contributed by atoms with van der Waals surface area (Å²) in [5.74, 6) is 2.42. The van der Waals surface area contributed by atoms with Crippen LogP contribution < -0.4 is 25.4 Å². The summed E-state index contributed by atoms with van der Waals surface area (Å²) in [6.45, 7) is 4.69. The van der Waals surface area contributed by atoms with E-state index < -0.39 is 48.5 Å². The Morgan fingerprint density at radius 3 is 1.91 bits per heavy atom. The number of nitrogens with zero attached hydrogens (tertiary/aromatic N) is 2. The van der Waals surface area contributed by atoms with E-state index in [-0.39, 0.29) is 152 Å². The van der Waals surface area contributed by atoms with Crippen LogP contribution in [0.25, 0.3) is 6.08 Å². The summed E-state index contributed by atoms with van der Waals surface area (Å²) in [5, 5.41) is 7.07. The number of fused-ring (bicyclic) bond motifs is 2. The van der Waals surface area contributed by atoms with Crippen LogP contribution in [-0.4, -0.2) is 87.8 Å². The van der Waals surface area contributed by atoms with Gasteiger partial charge in [0.15, 0.2) is 0 Å². The number of imide groups is 2. The maximum atomic E-state index is 11.3. The molecule has 24 heteroatoms. The van der Waals surface area contributed by atoms with Crippen molar-refractivity contribution in [3.05, 3.63) is 80.3 Å². The van der Waals surface area contributed by atoms with Gasteiger partial charge < -0.3 is 28.7 Å². The van der Waals surface area contributed by atoms with E-state index in [1.165, 1.54) is 18.7 Å². The van der Waals surface area contributed by atoms with Crippen molar-refractivity contribution >= 4 is 60.4 Å². The third kappa shape index (κ3) is 20.1. The third-order valence-electron chi connectivity index (χ3n) is 7.80. The Labute approximate surface area is 413 Å². The number of piperazine rings is 1. The molecule has 5 heterocycles. The minimum atomic E-state index is -3.16. The SMILES string of the molecule is C=[S-](=O)N1CCNCC1.O=C1NC(=O)C(=Cc2cccnc2)C(=O)N1.O=S1(=O)NCC2CCCCC21.O=S1(=O)NCc2ccccc21.[CH3-].[CH3-].[W].[W].[W].[W].[W].[W]. The largest absolute Gasteiger partial charge is 0.448 e. The summed E-state index contributed by atoms with van der Waals surface area (Å²) in [6.07, 6.45) is 8.71. The van der Waals surface area contributed by atoms with Crippen molar-refractivity contribution in [2.45, 2.75) is 42.4 Å². The van der Waals surface area contributed by atoms with Gasteiger partial charge in [0, 0.05) is 165 Å². The Morgan fingerprint density at radius 2 is 1.40 bits per heavy atom. The van der Waals surface area contributed by atoms with Gasteiger partial charge in [0.25, 0.3) is 11.8 Å². The van der Waals surface area contributed by atoms with Gasteiger partial charge in [-0.1, -0.05) is 37.1 Å². The number of pyridine rings is 1. The number of benzene rings is 1. The molecule has 4 fully saturated rings. The fourth-order valence-electron chi connectivity index (χ4n) is 5.39. The number of barbiturate groups is 1. The Morgan fingerprint density at radius 1 is 0.818 bits per heavy atom. The topological polar surface area (TPSA) is 213 Å². The molecule has 3 saturated heterocycles. The van der Waals surface area contributed by atoms with E-state index in [2.05, 4.69) is 25.6 Å². The number of hydrogen-bond donors (Lipinski definition) is 5. The van der Waals surface area contributed by atoms with Gasteiger partial charge in [-0.2, -0.15) is 5.87 Å². The molecule has 4 amide bonds. The first kappa shape index (κ1) is 64.7. The van der Waals surface area contributed by atoms with E-state index in [4.69, 9.17) is 0 Å². The molecule has 0 spiro atoms. The van der Waals surface area contributed by atoms with E-state index >= 15 is 0 Å². The Kier molecular flexibility index (Phi) is 37.1. The maximum absolute atomic E-state index is 11.3. The first-order valence-corrected chi connectivity index (χ1v) is 19.2. The molecule has 1 saturated carbocycles. The average Bonchev–Trinajstić information content (AvgIpc) is 3.55.